The number of benzene rings is 1. The van der Waals surface area contributed by atoms with Crippen LogP contribution in [-0.4, -0.2) is 12.6 Å². The van der Waals surface area contributed by atoms with Crippen LogP contribution in [-0.2, 0) is 4.79 Å². The maximum atomic E-state index is 10.8. The first-order valence-electron chi connectivity index (χ1n) is 3.56. The topological polar surface area (TPSA) is 55.4 Å². The summed E-state index contributed by atoms with van der Waals surface area (Å²) in [4.78, 5) is 14.5. The van der Waals surface area contributed by atoms with Gasteiger partial charge in [0, 0.05) is 0 Å². The summed E-state index contributed by atoms with van der Waals surface area (Å²) in [5.41, 5.74) is 5.88. The molecule has 2 N–H and O–H groups in total. The first-order valence-corrected chi connectivity index (χ1v) is 3.56. The molecule has 62 valence electrons. The van der Waals surface area contributed by atoms with Gasteiger partial charge in [0.15, 0.2) is 6.04 Å². The number of aliphatic imine (C=N–C) groups is 1. The van der Waals surface area contributed by atoms with Crippen LogP contribution in [0.4, 0.5) is 0 Å². The van der Waals surface area contributed by atoms with Crippen LogP contribution >= 0.6 is 0 Å². The second-order valence-corrected chi connectivity index (χ2v) is 2.40. The lowest BCUT2D eigenvalue weighted by atomic mass is 10.1. The van der Waals surface area contributed by atoms with Gasteiger partial charge in [0.2, 0.25) is 5.91 Å². The quantitative estimate of drug-likeness (QED) is 0.660. The van der Waals surface area contributed by atoms with E-state index in [1.165, 1.54) is 0 Å². The van der Waals surface area contributed by atoms with Crippen molar-refractivity contribution < 1.29 is 4.79 Å². The molecule has 1 aromatic carbocycles. The van der Waals surface area contributed by atoms with Gasteiger partial charge in [0.25, 0.3) is 0 Å². The lowest BCUT2D eigenvalue weighted by molar-refractivity contribution is -0.119. The van der Waals surface area contributed by atoms with Crippen LogP contribution in [0.15, 0.2) is 35.3 Å². The first kappa shape index (κ1) is 8.46. The first-order chi connectivity index (χ1) is 5.75. The molecule has 0 bridgehead atoms. The van der Waals surface area contributed by atoms with Crippen molar-refractivity contribution in [3.63, 3.8) is 0 Å². The van der Waals surface area contributed by atoms with Crippen molar-refractivity contribution in [1.82, 2.24) is 0 Å². The molecule has 3 heteroatoms. The van der Waals surface area contributed by atoms with E-state index in [9.17, 15) is 4.79 Å². The minimum absolute atomic E-state index is 0.476. The molecule has 0 spiro atoms. The SMILES string of the molecule is C=NC(C(N)=O)c1ccccc1. The number of carbonyl (C=O) groups is 1. The third-order valence-electron chi connectivity index (χ3n) is 1.57. The summed E-state index contributed by atoms with van der Waals surface area (Å²) >= 11 is 0. The fourth-order valence-electron chi connectivity index (χ4n) is 0.995. The molecule has 0 saturated heterocycles. The molecule has 0 aromatic heterocycles. The number of hydrogen-bond donors (Lipinski definition) is 1. The molecular formula is C9H10N2O. The molecule has 0 aliphatic rings. The molecule has 1 amide bonds. The fourth-order valence-corrected chi connectivity index (χ4v) is 0.995. The van der Waals surface area contributed by atoms with Gasteiger partial charge in [-0.3, -0.25) is 9.79 Å². The van der Waals surface area contributed by atoms with Crippen molar-refractivity contribution in [3.8, 4) is 0 Å². The fraction of sp³-hybridized carbons (Fsp3) is 0.111. The Kier molecular flexibility index (Phi) is 2.58. The van der Waals surface area contributed by atoms with Gasteiger partial charge in [0.05, 0.1) is 0 Å². The highest BCUT2D eigenvalue weighted by Gasteiger charge is 2.13. The van der Waals surface area contributed by atoms with Gasteiger partial charge in [-0.1, -0.05) is 30.3 Å². The van der Waals surface area contributed by atoms with Crippen molar-refractivity contribution in [1.29, 1.82) is 0 Å². The molecule has 1 unspecified atom stereocenters. The second kappa shape index (κ2) is 3.67. The van der Waals surface area contributed by atoms with Gasteiger partial charge in [-0.15, -0.1) is 0 Å². The van der Waals surface area contributed by atoms with E-state index < -0.39 is 11.9 Å². The van der Waals surface area contributed by atoms with Crippen molar-refractivity contribution in [2.24, 2.45) is 10.7 Å². The Morgan fingerprint density at radius 2 is 2.00 bits per heavy atom. The summed E-state index contributed by atoms with van der Waals surface area (Å²) in [5.74, 6) is -0.476. The van der Waals surface area contributed by atoms with Crippen LogP contribution in [0, 0.1) is 0 Å². The van der Waals surface area contributed by atoms with E-state index in [2.05, 4.69) is 11.7 Å². The largest absolute Gasteiger partial charge is 0.368 e. The van der Waals surface area contributed by atoms with Crippen molar-refractivity contribution >= 4 is 12.6 Å². The van der Waals surface area contributed by atoms with Gasteiger partial charge in [-0.2, -0.15) is 0 Å². The summed E-state index contributed by atoms with van der Waals surface area (Å²) in [7, 11) is 0. The standard InChI is InChI=1S/C9H10N2O/c1-11-8(9(10)12)7-5-3-2-4-6-7/h2-6,8H,1H2,(H2,10,12). The highest BCUT2D eigenvalue weighted by atomic mass is 16.1. The van der Waals surface area contributed by atoms with E-state index in [4.69, 9.17) is 5.73 Å². The predicted molar refractivity (Wildman–Crippen MR) is 47.9 cm³/mol. The minimum Gasteiger partial charge on any atom is -0.368 e. The van der Waals surface area contributed by atoms with Gasteiger partial charge >= 0.3 is 0 Å². The average molecular weight is 162 g/mol. The van der Waals surface area contributed by atoms with Gasteiger partial charge in [-0.05, 0) is 12.3 Å². The molecule has 0 saturated carbocycles. The van der Waals surface area contributed by atoms with Gasteiger partial charge < -0.3 is 5.73 Å². The summed E-state index contributed by atoms with van der Waals surface area (Å²) in [6.07, 6.45) is 0. The lowest BCUT2D eigenvalue weighted by Gasteiger charge is -2.06. The Bertz CT molecular complexity index is 282. The number of nitrogens with two attached hydrogens (primary N) is 1. The molecular weight excluding hydrogens is 152 g/mol. The monoisotopic (exact) mass is 162 g/mol. The minimum atomic E-state index is -0.619. The highest BCUT2D eigenvalue weighted by Crippen LogP contribution is 2.14. The van der Waals surface area contributed by atoms with Crippen LogP contribution in [0.5, 0.6) is 0 Å². The molecule has 0 aliphatic heterocycles. The van der Waals surface area contributed by atoms with Crippen LogP contribution < -0.4 is 5.73 Å². The lowest BCUT2D eigenvalue weighted by Crippen LogP contribution is -2.19. The van der Waals surface area contributed by atoms with Crippen molar-refractivity contribution in [2.75, 3.05) is 0 Å². The van der Waals surface area contributed by atoms with E-state index in [0.717, 1.165) is 5.56 Å². The smallest absolute Gasteiger partial charge is 0.246 e. The van der Waals surface area contributed by atoms with E-state index >= 15 is 0 Å². The van der Waals surface area contributed by atoms with Gasteiger partial charge in [-0.25, -0.2) is 0 Å². The summed E-state index contributed by atoms with van der Waals surface area (Å²) in [6, 6.07) is 8.50. The Labute approximate surface area is 70.9 Å². The molecule has 0 fully saturated rings. The molecule has 1 rings (SSSR count). The number of nitrogens with zero attached hydrogens (tertiary/aromatic N) is 1. The molecule has 0 heterocycles. The van der Waals surface area contributed by atoms with E-state index in [1.807, 2.05) is 18.2 Å². The van der Waals surface area contributed by atoms with E-state index in [0.29, 0.717) is 0 Å². The van der Waals surface area contributed by atoms with E-state index in [1.54, 1.807) is 12.1 Å². The normalized spacial score (nSPS) is 12.0. The van der Waals surface area contributed by atoms with Gasteiger partial charge in [0.1, 0.15) is 0 Å². The summed E-state index contributed by atoms with van der Waals surface area (Å²) in [5, 5.41) is 0. The Hall–Kier alpha value is -1.64. The van der Waals surface area contributed by atoms with Crippen LogP contribution in [0.3, 0.4) is 0 Å². The second-order valence-electron chi connectivity index (χ2n) is 2.40. The average Bonchev–Trinajstić information content (AvgIpc) is 2.07. The zero-order valence-corrected chi connectivity index (χ0v) is 6.60. The Morgan fingerprint density at radius 3 is 2.42 bits per heavy atom. The number of rotatable bonds is 3. The Balaban J connectivity index is 2.95. The number of carbonyl (C=O) groups excluding carboxylic acids is 1. The zero-order chi connectivity index (χ0) is 8.97. The maximum Gasteiger partial charge on any atom is 0.246 e. The van der Waals surface area contributed by atoms with E-state index in [-0.39, 0.29) is 0 Å². The molecule has 1 aromatic rings. The van der Waals surface area contributed by atoms with Crippen molar-refractivity contribution in [2.45, 2.75) is 6.04 Å². The molecule has 3 nitrogen and oxygen atoms in total. The van der Waals surface area contributed by atoms with Crippen molar-refractivity contribution in [3.05, 3.63) is 35.9 Å². The Morgan fingerprint density at radius 1 is 1.42 bits per heavy atom. The number of amides is 1. The third-order valence-corrected chi connectivity index (χ3v) is 1.57. The molecule has 0 radical (unpaired) electrons. The zero-order valence-electron chi connectivity index (χ0n) is 6.60. The van der Waals surface area contributed by atoms with Crippen LogP contribution in [0.2, 0.25) is 0 Å². The summed E-state index contributed by atoms with van der Waals surface area (Å²) in [6.45, 7) is 3.31. The molecule has 0 aliphatic carbocycles. The van der Waals surface area contributed by atoms with Crippen LogP contribution in [0.1, 0.15) is 11.6 Å². The van der Waals surface area contributed by atoms with Crippen LogP contribution in [0.25, 0.3) is 0 Å². The molecule has 1 atom stereocenters. The maximum absolute atomic E-state index is 10.8. The molecule has 12 heavy (non-hydrogen) atoms. The number of primary amides is 1. The number of hydrogen-bond acceptors (Lipinski definition) is 2. The highest BCUT2D eigenvalue weighted by molar-refractivity contribution is 5.82. The predicted octanol–water partition coefficient (Wildman–Crippen LogP) is 0.914. The third kappa shape index (κ3) is 1.69. The summed E-state index contributed by atoms with van der Waals surface area (Å²) < 4.78 is 0.